The summed E-state index contributed by atoms with van der Waals surface area (Å²) in [6, 6.07) is 28.9. The Kier molecular flexibility index (Phi) is 7.06. The number of aromatic hydroxyl groups is 1. The molecule has 1 fully saturated rings. The number of aliphatic hydroxyl groups excluding tert-OH is 1. The number of hydrogen-bond donors (Lipinski definition) is 3. The highest BCUT2D eigenvalue weighted by molar-refractivity contribution is 6.51. The Morgan fingerprint density at radius 1 is 0.821 bits per heavy atom. The number of rotatable bonds is 7. The highest BCUT2D eigenvalue weighted by Crippen LogP contribution is 2.42. The molecule has 7 heteroatoms. The number of aliphatic hydroxyl groups is 1. The van der Waals surface area contributed by atoms with Crippen LogP contribution in [-0.2, 0) is 9.59 Å². The van der Waals surface area contributed by atoms with E-state index in [-0.39, 0.29) is 23.2 Å². The zero-order valence-corrected chi connectivity index (χ0v) is 21.5. The van der Waals surface area contributed by atoms with Crippen LogP contribution in [0, 0.1) is 0 Å². The van der Waals surface area contributed by atoms with Gasteiger partial charge >= 0.3 is 0 Å². The van der Waals surface area contributed by atoms with Gasteiger partial charge in [0.2, 0.25) is 0 Å². The van der Waals surface area contributed by atoms with E-state index in [2.05, 4.69) is 5.32 Å². The molecule has 0 spiro atoms. The van der Waals surface area contributed by atoms with E-state index in [0.717, 1.165) is 11.4 Å². The molecule has 7 nitrogen and oxygen atoms in total. The van der Waals surface area contributed by atoms with E-state index in [1.165, 1.54) is 17.0 Å². The fraction of sp³-hybridized carbons (Fsp3) is 0.125. The number of phenolic OH excluding ortho intramolecular Hbond substituents is 1. The average Bonchev–Trinajstić information content (AvgIpc) is 3.20. The Morgan fingerprint density at radius 2 is 1.44 bits per heavy atom. The number of anilines is 3. The van der Waals surface area contributed by atoms with E-state index in [1.54, 1.807) is 48.5 Å². The van der Waals surface area contributed by atoms with Crippen molar-refractivity contribution in [1.82, 2.24) is 0 Å². The molecule has 0 saturated carbocycles. The minimum absolute atomic E-state index is 0.0152. The van der Waals surface area contributed by atoms with Crippen molar-refractivity contribution in [2.24, 2.45) is 0 Å². The standard InChI is InChI=1S/C32H28N2O5/c1-20(2)39-27-18-10-22(11-19-27)30(36)28-29(21-8-16-26(35)17-9-21)34(32(38)31(28)37)25-14-12-24(13-15-25)33-23-6-4-3-5-7-23/h3-20,29,33,35-36H,1-2H3/b30-28+. The molecule has 5 rings (SSSR count). The van der Waals surface area contributed by atoms with Gasteiger partial charge in [0.15, 0.2) is 0 Å². The van der Waals surface area contributed by atoms with Crippen molar-refractivity contribution < 1.29 is 24.5 Å². The maximum Gasteiger partial charge on any atom is 0.300 e. The number of carbonyl (C=O) groups is 2. The highest BCUT2D eigenvalue weighted by atomic mass is 16.5. The van der Waals surface area contributed by atoms with Crippen LogP contribution in [0.2, 0.25) is 0 Å². The van der Waals surface area contributed by atoms with Crippen LogP contribution < -0.4 is 15.0 Å². The van der Waals surface area contributed by atoms with Crippen LogP contribution in [-0.4, -0.2) is 28.0 Å². The van der Waals surface area contributed by atoms with E-state index >= 15 is 0 Å². The number of para-hydroxylation sites is 1. The van der Waals surface area contributed by atoms with Gasteiger partial charge in [0, 0.05) is 22.6 Å². The predicted molar refractivity (Wildman–Crippen MR) is 151 cm³/mol. The van der Waals surface area contributed by atoms with Gasteiger partial charge in [-0.15, -0.1) is 0 Å². The van der Waals surface area contributed by atoms with Crippen LogP contribution in [0.25, 0.3) is 5.76 Å². The van der Waals surface area contributed by atoms with Gasteiger partial charge in [-0.3, -0.25) is 14.5 Å². The third-order valence-corrected chi connectivity index (χ3v) is 6.36. The first-order valence-electron chi connectivity index (χ1n) is 12.6. The van der Waals surface area contributed by atoms with Crippen molar-refractivity contribution in [3.05, 3.63) is 120 Å². The topological polar surface area (TPSA) is 99.1 Å². The molecular formula is C32H28N2O5. The fourth-order valence-corrected chi connectivity index (χ4v) is 4.58. The molecule has 1 amide bonds. The average molecular weight is 521 g/mol. The van der Waals surface area contributed by atoms with Crippen LogP contribution in [0.3, 0.4) is 0 Å². The minimum atomic E-state index is -0.898. The first-order valence-corrected chi connectivity index (χ1v) is 12.6. The number of phenols is 1. The van der Waals surface area contributed by atoms with Gasteiger partial charge in [-0.2, -0.15) is 0 Å². The van der Waals surface area contributed by atoms with E-state index < -0.39 is 17.7 Å². The van der Waals surface area contributed by atoms with Crippen LogP contribution in [0.1, 0.15) is 31.0 Å². The zero-order valence-electron chi connectivity index (χ0n) is 21.5. The molecule has 1 saturated heterocycles. The summed E-state index contributed by atoms with van der Waals surface area (Å²) < 4.78 is 5.68. The van der Waals surface area contributed by atoms with Crippen LogP contribution in [0.5, 0.6) is 11.5 Å². The Balaban J connectivity index is 1.55. The fourth-order valence-electron chi connectivity index (χ4n) is 4.58. The number of benzene rings is 4. The molecule has 3 N–H and O–H groups in total. The lowest BCUT2D eigenvalue weighted by molar-refractivity contribution is -0.132. The molecule has 4 aromatic rings. The lowest BCUT2D eigenvalue weighted by Gasteiger charge is -2.25. The van der Waals surface area contributed by atoms with Crippen molar-refractivity contribution in [3.8, 4) is 11.5 Å². The Hall–Kier alpha value is -5.04. The minimum Gasteiger partial charge on any atom is -0.508 e. The summed E-state index contributed by atoms with van der Waals surface area (Å²) in [6.07, 6.45) is -0.0152. The summed E-state index contributed by atoms with van der Waals surface area (Å²) in [4.78, 5) is 28.2. The number of carbonyl (C=O) groups excluding carboxylic acids is 2. The van der Waals surface area contributed by atoms with Gasteiger partial charge in [-0.05, 0) is 92.2 Å². The Bertz CT molecular complexity index is 1510. The van der Waals surface area contributed by atoms with Crippen molar-refractivity contribution in [2.45, 2.75) is 26.0 Å². The largest absolute Gasteiger partial charge is 0.508 e. The maximum atomic E-state index is 13.4. The van der Waals surface area contributed by atoms with Gasteiger partial charge in [-0.25, -0.2) is 0 Å². The van der Waals surface area contributed by atoms with Crippen LogP contribution in [0.4, 0.5) is 17.1 Å². The van der Waals surface area contributed by atoms with Gasteiger partial charge in [0.25, 0.3) is 11.7 Å². The second-order valence-corrected chi connectivity index (χ2v) is 9.49. The quantitative estimate of drug-likeness (QED) is 0.145. The van der Waals surface area contributed by atoms with Gasteiger partial charge in [0.1, 0.15) is 17.3 Å². The van der Waals surface area contributed by atoms with E-state index in [9.17, 15) is 19.8 Å². The molecule has 0 bridgehead atoms. The normalized spacial score (nSPS) is 16.5. The molecule has 1 aliphatic heterocycles. The number of amides is 1. The lowest BCUT2D eigenvalue weighted by Crippen LogP contribution is -2.29. The van der Waals surface area contributed by atoms with Gasteiger partial charge in [-0.1, -0.05) is 30.3 Å². The number of hydrogen-bond acceptors (Lipinski definition) is 6. The molecule has 39 heavy (non-hydrogen) atoms. The summed E-state index contributed by atoms with van der Waals surface area (Å²) in [6.45, 7) is 3.83. The maximum absolute atomic E-state index is 13.4. The third kappa shape index (κ3) is 5.33. The molecule has 0 aromatic heterocycles. The van der Waals surface area contributed by atoms with Crippen molar-refractivity contribution in [3.63, 3.8) is 0 Å². The number of nitrogens with zero attached hydrogens (tertiary/aromatic N) is 1. The number of Topliss-reactive ketones (excluding diaryl/α,β-unsaturated/α-hetero) is 1. The summed E-state index contributed by atoms with van der Waals surface area (Å²) in [7, 11) is 0. The monoisotopic (exact) mass is 520 g/mol. The van der Waals surface area contributed by atoms with Crippen molar-refractivity contribution in [2.75, 3.05) is 10.2 Å². The number of ether oxygens (including phenoxy) is 1. The van der Waals surface area contributed by atoms with Crippen molar-refractivity contribution in [1.29, 1.82) is 0 Å². The second kappa shape index (κ2) is 10.8. The van der Waals surface area contributed by atoms with Gasteiger partial charge < -0.3 is 20.3 Å². The SMILES string of the molecule is CC(C)Oc1ccc(/C(O)=C2\C(=O)C(=O)N(c3ccc(Nc4ccccc4)cc3)C2c2ccc(O)cc2)cc1. The van der Waals surface area contributed by atoms with Crippen molar-refractivity contribution >= 4 is 34.5 Å². The smallest absolute Gasteiger partial charge is 0.300 e. The number of nitrogens with one attached hydrogen (secondary N) is 1. The van der Waals surface area contributed by atoms with Crippen LogP contribution >= 0.6 is 0 Å². The first kappa shape index (κ1) is 25.6. The molecular weight excluding hydrogens is 492 g/mol. The molecule has 1 unspecified atom stereocenters. The Labute approximate surface area is 226 Å². The molecule has 1 heterocycles. The lowest BCUT2D eigenvalue weighted by atomic mass is 9.95. The summed E-state index contributed by atoms with van der Waals surface area (Å²) >= 11 is 0. The zero-order chi connectivity index (χ0) is 27.5. The van der Waals surface area contributed by atoms with E-state index in [4.69, 9.17) is 4.74 Å². The molecule has 4 aromatic carbocycles. The second-order valence-electron chi connectivity index (χ2n) is 9.49. The predicted octanol–water partition coefficient (Wildman–Crippen LogP) is 6.55. The molecule has 0 aliphatic carbocycles. The van der Waals surface area contributed by atoms with Crippen LogP contribution in [0.15, 0.2) is 109 Å². The van der Waals surface area contributed by atoms with Gasteiger partial charge in [0.05, 0.1) is 17.7 Å². The van der Waals surface area contributed by atoms with E-state index in [1.807, 2.05) is 56.3 Å². The highest BCUT2D eigenvalue weighted by Gasteiger charge is 2.47. The molecule has 1 atom stereocenters. The Morgan fingerprint density at radius 3 is 2.05 bits per heavy atom. The van der Waals surface area contributed by atoms with E-state index in [0.29, 0.717) is 22.6 Å². The number of ketones is 1. The first-order chi connectivity index (χ1) is 18.8. The molecule has 0 radical (unpaired) electrons. The third-order valence-electron chi connectivity index (χ3n) is 6.36. The molecule has 196 valence electrons. The summed E-state index contributed by atoms with van der Waals surface area (Å²) in [5, 5.41) is 24.5. The summed E-state index contributed by atoms with van der Waals surface area (Å²) in [5.74, 6) is -1.15. The summed E-state index contributed by atoms with van der Waals surface area (Å²) in [5.41, 5.74) is 3.14. The molecule has 1 aliphatic rings.